The molecule has 4 aliphatic heterocycles. The van der Waals surface area contributed by atoms with Crippen molar-refractivity contribution in [1.29, 1.82) is 0 Å². The van der Waals surface area contributed by atoms with E-state index in [9.17, 15) is 18.0 Å². The first-order chi connectivity index (χ1) is 23.2. The van der Waals surface area contributed by atoms with Crippen LogP contribution in [0.2, 0.25) is 0 Å². The topological polar surface area (TPSA) is 104 Å². The smallest absolute Gasteiger partial charge is 0.416 e. The number of nitrogens with zero attached hydrogens (tertiary/aromatic N) is 5. The van der Waals surface area contributed by atoms with Crippen LogP contribution in [0, 0.1) is 0 Å². The van der Waals surface area contributed by atoms with Crippen LogP contribution in [-0.4, -0.2) is 78.9 Å². The molecule has 4 fully saturated rings. The monoisotopic (exact) mass is 665 g/mol. The normalized spacial score (nSPS) is 23.0. The van der Waals surface area contributed by atoms with Crippen molar-refractivity contribution in [2.24, 2.45) is 0 Å². The number of carbonyl (C=O) groups excluding carboxylic acids is 1. The first-order valence-electron chi connectivity index (χ1n) is 16.2. The molecule has 254 valence electrons. The summed E-state index contributed by atoms with van der Waals surface area (Å²) in [5, 5.41) is 7.74. The molecule has 3 aromatic rings. The van der Waals surface area contributed by atoms with Gasteiger partial charge >= 0.3 is 6.18 Å². The predicted molar refractivity (Wildman–Crippen MR) is 174 cm³/mol. The SMILES string of the molecule is C=CC(=O)Nc1cc(Nc2cc(N3OCC[C@@H]3c3cccc(C(F)(F)F)c3)ncn2)c(OC)cc1N1CCC(N2C[C@@H]3C[C@H]2CO3)CC1. The van der Waals surface area contributed by atoms with E-state index in [-0.39, 0.29) is 5.91 Å². The molecule has 5 heterocycles. The van der Waals surface area contributed by atoms with Crippen LogP contribution < -0.4 is 25.3 Å². The van der Waals surface area contributed by atoms with Gasteiger partial charge in [0.2, 0.25) is 5.91 Å². The van der Waals surface area contributed by atoms with E-state index in [0.29, 0.717) is 65.5 Å². The molecule has 1 aromatic heterocycles. The lowest BCUT2D eigenvalue weighted by atomic mass is 10.0. The van der Waals surface area contributed by atoms with Gasteiger partial charge in [-0.15, -0.1) is 0 Å². The third-order valence-corrected chi connectivity index (χ3v) is 9.62. The minimum absolute atomic E-state index is 0.320. The molecule has 2 aromatic carbocycles. The molecule has 0 aliphatic carbocycles. The summed E-state index contributed by atoms with van der Waals surface area (Å²) in [5.74, 6) is 0.975. The number of halogens is 3. The number of methoxy groups -OCH3 is 1. The number of alkyl halides is 3. The van der Waals surface area contributed by atoms with Crippen LogP contribution in [0.25, 0.3) is 0 Å². The van der Waals surface area contributed by atoms with Gasteiger partial charge in [0.25, 0.3) is 0 Å². The Morgan fingerprint density at radius 3 is 2.62 bits per heavy atom. The van der Waals surface area contributed by atoms with Gasteiger partial charge in [0, 0.05) is 50.3 Å². The summed E-state index contributed by atoms with van der Waals surface area (Å²) in [4.78, 5) is 32.0. The molecular weight excluding hydrogens is 627 g/mol. The number of aromatic nitrogens is 2. The van der Waals surface area contributed by atoms with E-state index in [4.69, 9.17) is 14.3 Å². The van der Waals surface area contributed by atoms with Gasteiger partial charge in [0.05, 0.1) is 55.1 Å². The maximum Gasteiger partial charge on any atom is 0.416 e. The van der Waals surface area contributed by atoms with E-state index < -0.39 is 17.8 Å². The summed E-state index contributed by atoms with van der Waals surface area (Å²) in [6.07, 6.45) is 2.11. The molecule has 2 bridgehead atoms. The summed E-state index contributed by atoms with van der Waals surface area (Å²) in [7, 11) is 1.58. The number of likely N-dealkylation sites (tertiary alicyclic amines) is 1. The van der Waals surface area contributed by atoms with E-state index in [2.05, 4.69) is 37.0 Å². The van der Waals surface area contributed by atoms with Gasteiger partial charge in [0.1, 0.15) is 17.9 Å². The largest absolute Gasteiger partial charge is 0.494 e. The summed E-state index contributed by atoms with van der Waals surface area (Å²) < 4.78 is 51.9. The third-order valence-electron chi connectivity index (χ3n) is 9.62. The number of nitrogens with one attached hydrogen (secondary N) is 2. The molecule has 0 radical (unpaired) electrons. The van der Waals surface area contributed by atoms with E-state index >= 15 is 0 Å². The van der Waals surface area contributed by atoms with Crippen molar-refractivity contribution in [2.45, 2.75) is 56.1 Å². The van der Waals surface area contributed by atoms with Gasteiger partial charge in [-0.05, 0) is 49.1 Å². The fraction of sp³-hybridized carbons (Fsp3) is 0.441. The molecule has 4 saturated heterocycles. The van der Waals surface area contributed by atoms with Crippen LogP contribution in [0.1, 0.15) is 42.9 Å². The number of piperidine rings is 1. The lowest BCUT2D eigenvalue weighted by Gasteiger charge is -2.41. The average Bonchev–Trinajstić information content (AvgIpc) is 3.87. The van der Waals surface area contributed by atoms with E-state index in [1.807, 2.05) is 6.07 Å². The fourth-order valence-corrected chi connectivity index (χ4v) is 7.29. The predicted octanol–water partition coefficient (Wildman–Crippen LogP) is 5.70. The van der Waals surface area contributed by atoms with Gasteiger partial charge in [-0.25, -0.2) is 15.0 Å². The lowest BCUT2D eigenvalue weighted by molar-refractivity contribution is -0.137. The summed E-state index contributed by atoms with van der Waals surface area (Å²) in [6.45, 7) is 7.41. The van der Waals surface area contributed by atoms with Gasteiger partial charge in [0.15, 0.2) is 5.82 Å². The van der Waals surface area contributed by atoms with Gasteiger partial charge in [-0.2, -0.15) is 13.2 Å². The number of carbonyl (C=O) groups is 1. The number of hydroxylamine groups is 1. The molecule has 0 unspecified atom stereocenters. The molecule has 48 heavy (non-hydrogen) atoms. The quantitative estimate of drug-likeness (QED) is 0.277. The van der Waals surface area contributed by atoms with Gasteiger partial charge in [-0.3, -0.25) is 14.5 Å². The minimum atomic E-state index is -4.45. The Bertz CT molecular complexity index is 1670. The third kappa shape index (κ3) is 6.51. The zero-order valence-electron chi connectivity index (χ0n) is 26.6. The molecule has 0 spiro atoms. The van der Waals surface area contributed by atoms with Crippen LogP contribution in [0.5, 0.6) is 5.75 Å². The Labute approximate surface area is 276 Å². The molecule has 14 heteroatoms. The summed E-state index contributed by atoms with van der Waals surface area (Å²) >= 11 is 0. The van der Waals surface area contributed by atoms with E-state index in [1.54, 1.807) is 25.3 Å². The molecule has 4 aliphatic rings. The number of rotatable bonds is 9. The van der Waals surface area contributed by atoms with Gasteiger partial charge in [-0.1, -0.05) is 18.7 Å². The second kappa shape index (κ2) is 13.2. The Hall–Kier alpha value is -4.40. The molecule has 3 atom stereocenters. The first kappa shape index (κ1) is 32.2. The molecule has 11 nitrogen and oxygen atoms in total. The molecule has 0 saturated carbocycles. The van der Waals surface area contributed by atoms with Crippen molar-refractivity contribution >= 4 is 34.6 Å². The Kier molecular flexibility index (Phi) is 8.88. The first-order valence-corrected chi connectivity index (χ1v) is 16.2. The number of hydrogen-bond acceptors (Lipinski definition) is 10. The molecule has 2 N–H and O–H groups in total. The second-order valence-corrected chi connectivity index (χ2v) is 12.5. The minimum Gasteiger partial charge on any atom is -0.494 e. The van der Waals surface area contributed by atoms with Crippen molar-refractivity contribution in [1.82, 2.24) is 14.9 Å². The van der Waals surface area contributed by atoms with Crippen molar-refractivity contribution in [3.8, 4) is 5.75 Å². The highest BCUT2D eigenvalue weighted by Gasteiger charge is 2.43. The standard InChI is InChI=1S/C34H38F3N7O4/c1-3-33(45)41-26-15-27(30(46-2)16-29(26)42-10-7-23(8-11-42)43-18-25-14-24(43)19-47-25)40-31-17-32(39-20-38-31)44-28(9-12-48-44)21-5-4-6-22(13-21)34(35,36)37/h3-6,13,15-17,20,23-25,28H,1,7-12,14,18-19H2,2H3,(H,41,45)(H,38,39,40)/t24-,25-,28+/m0/s1. The number of anilines is 5. The number of hydrogen-bond donors (Lipinski definition) is 2. The highest BCUT2D eigenvalue weighted by molar-refractivity contribution is 6.02. The number of ether oxygens (including phenoxy) is 2. The zero-order valence-corrected chi connectivity index (χ0v) is 26.6. The fourth-order valence-electron chi connectivity index (χ4n) is 7.29. The number of amides is 1. The number of morpholine rings is 1. The molecule has 7 rings (SSSR count). The maximum atomic E-state index is 13.4. The van der Waals surface area contributed by atoms with Crippen LogP contribution in [0.15, 0.2) is 61.4 Å². The second-order valence-electron chi connectivity index (χ2n) is 12.5. The van der Waals surface area contributed by atoms with E-state index in [0.717, 1.165) is 63.3 Å². The maximum absolute atomic E-state index is 13.4. The van der Waals surface area contributed by atoms with Crippen LogP contribution >= 0.6 is 0 Å². The van der Waals surface area contributed by atoms with Crippen molar-refractivity contribution in [3.63, 3.8) is 0 Å². The molecule has 1 amide bonds. The Morgan fingerprint density at radius 1 is 1.08 bits per heavy atom. The van der Waals surface area contributed by atoms with Gasteiger partial charge < -0.3 is 25.0 Å². The molecular formula is C34H38F3N7O4. The average molecular weight is 666 g/mol. The van der Waals surface area contributed by atoms with E-state index in [1.165, 1.54) is 23.5 Å². The highest BCUT2D eigenvalue weighted by atomic mass is 19.4. The van der Waals surface area contributed by atoms with Crippen LogP contribution in [0.3, 0.4) is 0 Å². The van der Waals surface area contributed by atoms with Crippen molar-refractivity contribution in [3.05, 3.63) is 72.6 Å². The zero-order chi connectivity index (χ0) is 33.4. The number of benzene rings is 2. The van der Waals surface area contributed by atoms with Crippen molar-refractivity contribution < 1.29 is 32.3 Å². The Morgan fingerprint density at radius 2 is 1.92 bits per heavy atom. The highest BCUT2D eigenvalue weighted by Crippen LogP contribution is 2.42. The van der Waals surface area contributed by atoms with Crippen LogP contribution in [0.4, 0.5) is 41.9 Å². The number of fused-ring (bicyclic) bond motifs is 2. The van der Waals surface area contributed by atoms with Crippen LogP contribution in [-0.2, 0) is 20.5 Å². The summed E-state index contributed by atoms with van der Waals surface area (Å²) in [5.41, 5.74) is 1.74. The lowest BCUT2D eigenvalue weighted by Crippen LogP contribution is -2.49. The Balaban J connectivity index is 1.11. The summed E-state index contributed by atoms with van der Waals surface area (Å²) in [6, 6.07) is 11.2. The van der Waals surface area contributed by atoms with Crippen molar-refractivity contribution in [2.75, 3.05) is 60.6 Å².